The van der Waals surface area contributed by atoms with Crippen molar-refractivity contribution in [3.05, 3.63) is 237 Å². The molecular weight excluding hydrogens is 1330 g/mol. The van der Waals surface area contributed by atoms with Gasteiger partial charge < -0.3 is 62.2 Å². The van der Waals surface area contributed by atoms with Gasteiger partial charge in [0, 0.05) is 17.8 Å². The molecule has 95 heavy (non-hydrogen) atoms. The van der Waals surface area contributed by atoms with Crippen LogP contribution in [0.1, 0.15) is 46.2 Å². The Balaban J connectivity index is 1.07. The van der Waals surface area contributed by atoms with Gasteiger partial charge in [0.25, 0.3) is 5.90 Å². The van der Waals surface area contributed by atoms with Crippen molar-refractivity contribution in [2.75, 3.05) is 26.4 Å². The second-order valence-electron chi connectivity index (χ2n) is 21.9. The molecule has 1 aliphatic carbocycles. The van der Waals surface area contributed by atoms with Gasteiger partial charge in [0.15, 0.2) is 12.4 Å². The van der Waals surface area contributed by atoms with E-state index in [4.69, 9.17) is 103 Å². The molecule has 2 heterocycles. The van der Waals surface area contributed by atoms with Gasteiger partial charge in [-0.25, -0.2) is 14.6 Å². The summed E-state index contributed by atoms with van der Waals surface area (Å²) in [5, 5.41) is 6.24. The molecule has 2 saturated heterocycles. The van der Waals surface area contributed by atoms with E-state index >= 15 is 13.2 Å². The maximum atomic E-state index is 15.5. The van der Waals surface area contributed by atoms with Gasteiger partial charge in [-0.15, -0.1) is 0 Å². The van der Waals surface area contributed by atoms with E-state index in [0.717, 1.165) is 29.2 Å². The molecule has 0 saturated carbocycles. The van der Waals surface area contributed by atoms with Crippen LogP contribution in [-0.2, 0) is 88.1 Å². The fraction of sp³-hybridized carbons (Fsp3) is 0.324. The van der Waals surface area contributed by atoms with Gasteiger partial charge in [-0.2, -0.15) is 13.2 Å². The standard InChI is InChI=1S/C68H62Cl4F3N5O15/c1-41(81)91-58-55(39-89-66(83)88-37-51-49-28-16-14-26-47(49)48-27-15-17-29-50(48)51)93-63(61(87-35-44-22-10-4-11-23-44)60(58)86-36-45-30-31-53(79-80-76)52(69)32-45)94-57-54(38-84-33-42-18-6-2-7-19-42)92-62(95-64(68(73,74)75)77-46-24-12-5-13-25-46)56(78-65(82)90-40-67(70,71)72)59(57)85-34-43-20-8-3-9-21-43/h2-32,51,54-63H,33-40H2,1H3,(H,78,82)/t54-,55-,56-,57-,58-,59-,60+,61+,62?,63+/m1/s1. The third kappa shape index (κ3) is 19.4. The lowest BCUT2D eigenvalue weighted by molar-refractivity contribution is -0.359. The highest BCUT2D eigenvalue weighted by atomic mass is 35.6. The Kier molecular flexibility index (Phi) is 24.3. The number of benzene rings is 7. The van der Waals surface area contributed by atoms with E-state index in [9.17, 15) is 19.9 Å². The number of nitrogens with zero attached hydrogens (tertiary/aromatic N) is 4. The highest BCUT2D eigenvalue weighted by Gasteiger charge is 2.57. The van der Waals surface area contributed by atoms with Gasteiger partial charge in [-0.05, 0) is 68.2 Å². The lowest BCUT2D eigenvalue weighted by Crippen LogP contribution is -2.69. The number of carbonyl (C=O) groups is 3. The van der Waals surface area contributed by atoms with Crippen LogP contribution in [0.5, 0.6) is 0 Å². The second-order valence-corrected chi connectivity index (χ2v) is 24.8. The smallest absolute Gasteiger partial charge is 0.457 e. The first-order chi connectivity index (χ1) is 45.9. The van der Waals surface area contributed by atoms with Crippen molar-refractivity contribution in [3.63, 3.8) is 0 Å². The topological polar surface area (TPSA) is 235 Å². The number of para-hydroxylation sites is 1. The summed E-state index contributed by atoms with van der Waals surface area (Å²) in [5.41, 5.74) is 15.3. The Morgan fingerprint density at radius 1 is 0.579 bits per heavy atom. The second kappa shape index (κ2) is 33.1. The lowest BCUT2D eigenvalue weighted by Gasteiger charge is -2.50. The SMILES string of the molecule is CC(=O)O[C@H]1[C@H](OCc2ccc(N=[N+]=[N-])c(Cl)c2)[C@H](OCc2ccccc2)[C@H](O[C@H]2[C@H](OCc3ccccc3)[C@@H](NC(=O)OCC(Cl)(Cl)Cl)C(OC(=Nc3ccccc3)C(F)(F)F)O[C@@H]2COCc2ccccc2)O[C@@H]1COC(=O)OCC1c2ccccc2-c2ccccc21. The van der Waals surface area contributed by atoms with Crippen molar-refractivity contribution in [2.24, 2.45) is 10.1 Å². The third-order valence-corrected chi connectivity index (χ3v) is 15.8. The molecule has 1 N–H and O–H groups in total. The maximum absolute atomic E-state index is 15.5. The summed E-state index contributed by atoms with van der Waals surface area (Å²) in [6.07, 6.45) is -22.7. The predicted molar refractivity (Wildman–Crippen MR) is 343 cm³/mol. The van der Waals surface area contributed by atoms with E-state index in [0.29, 0.717) is 22.3 Å². The fourth-order valence-corrected chi connectivity index (χ4v) is 11.4. The number of carbonyl (C=O) groups excluding carboxylic acids is 3. The molecule has 2 aliphatic heterocycles. The first-order valence-corrected chi connectivity index (χ1v) is 31.3. The number of aliphatic imine (C=N–C) groups is 1. The molecule has 0 aromatic heterocycles. The van der Waals surface area contributed by atoms with Crippen LogP contribution < -0.4 is 5.32 Å². The zero-order valence-corrected chi connectivity index (χ0v) is 53.5. The molecule has 7 aromatic carbocycles. The number of hydrogen-bond acceptors (Lipinski definition) is 17. The summed E-state index contributed by atoms with van der Waals surface area (Å²) in [5.74, 6) is -2.99. The summed E-state index contributed by atoms with van der Waals surface area (Å²) >= 11 is 24.7. The van der Waals surface area contributed by atoms with Crippen LogP contribution in [0, 0.1) is 0 Å². The molecule has 1 amide bonds. The van der Waals surface area contributed by atoms with E-state index in [1.165, 1.54) is 36.4 Å². The normalized spacial score (nSPS) is 21.9. The largest absolute Gasteiger partial charge is 0.508 e. The molecule has 20 nitrogen and oxygen atoms in total. The number of alkyl halides is 6. The van der Waals surface area contributed by atoms with Crippen LogP contribution in [-0.4, -0.2) is 122 Å². The number of azide groups is 1. The number of amides is 1. The Bertz CT molecular complexity index is 3730. The van der Waals surface area contributed by atoms with Crippen molar-refractivity contribution in [2.45, 2.75) is 111 Å². The van der Waals surface area contributed by atoms with Crippen LogP contribution in [0.2, 0.25) is 5.02 Å². The zero-order valence-electron chi connectivity index (χ0n) is 50.5. The molecule has 10 rings (SSSR count). The van der Waals surface area contributed by atoms with Crippen molar-refractivity contribution < 1.29 is 84.4 Å². The molecule has 2 fully saturated rings. The first-order valence-electron chi connectivity index (χ1n) is 29.7. The maximum Gasteiger partial charge on any atom is 0.508 e. The minimum Gasteiger partial charge on any atom is -0.457 e. The molecule has 0 spiro atoms. The van der Waals surface area contributed by atoms with Crippen LogP contribution in [0.4, 0.5) is 34.1 Å². The van der Waals surface area contributed by atoms with Crippen molar-refractivity contribution >= 4 is 81.9 Å². The van der Waals surface area contributed by atoms with Gasteiger partial charge in [0.1, 0.15) is 62.5 Å². The van der Waals surface area contributed by atoms with Crippen LogP contribution in [0.25, 0.3) is 21.6 Å². The van der Waals surface area contributed by atoms with Crippen molar-refractivity contribution in [1.29, 1.82) is 0 Å². The number of fused-ring (bicyclic) bond motifs is 3. The molecule has 0 bridgehead atoms. The summed E-state index contributed by atoms with van der Waals surface area (Å²) in [6, 6.07) is 51.7. The Hall–Kier alpha value is -8.00. The Morgan fingerprint density at radius 3 is 1.68 bits per heavy atom. The van der Waals surface area contributed by atoms with E-state index in [1.54, 1.807) is 103 Å². The quantitative estimate of drug-likeness (QED) is 0.00819. The Morgan fingerprint density at radius 2 is 1.11 bits per heavy atom. The summed E-state index contributed by atoms with van der Waals surface area (Å²) in [7, 11) is 0. The van der Waals surface area contributed by atoms with Gasteiger partial charge in [-0.3, -0.25) is 4.79 Å². The van der Waals surface area contributed by atoms with Crippen LogP contribution in [0.3, 0.4) is 0 Å². The molecule has 3 aliphatic rings. The molecule has 498 valence electrons. The molecule has 10 atom stereocenters. The number of nitrogens with one attached hydrogen (secondary N) is 1. The summed E-state index contributed by atoms with van der Waals surface area (Å²) in [6.45, 7) is -1.93. The predicted octanol–water partition coefficient (Wildman–Crippen LogP) is 15.1. The minimum atomic E-state index is -5.30. The highest BCUT2D eigenvalue weighted by molar-refractivity contribution is 6.67. The number of rotatable bonds is 25. The first kappa shape index (κ1) is 69.8. The van der Waals surface area contributed by atoms with Gasteiger partial charge >= 0.3 is 24.4 Å². The van der Waals surface area contributed by atoms with E-state index in [-0.39, 0.29) is 55.3 Å². The van der Waals surface area contributed by atoms with Gasteiger partial charge in [-0.1, -0.05) is 221 Å². The molecule has 7 aromatic rings. The summed E-state index contributed by atoms with van der Waals surface area (Å²) < 4.78 is 121. The third-order valence-electron chi connectivity index (χ3n) is 15.2. The summed E-state index contributed by atoms with van der Waals surface area (Å²) in [4.78, 5) is 48.3. The van der Waals surface area contributed by atoms with Crippen LogP contribution >= 0.6 is 46.4 Å². The lowest BCUT2D eigenvalue weighted by atomic mass is 9.94. The minimum absolute atomic E-state index is 0.0644. The number of alkyl carbamates (subject to hydrolysis) is 1. The highest BCUT2D eigenvalue weighted by Crippen LogP contribution is 2.45. The monoisotopic (exact) mass is 1390 g/mol. The van der Waals surface area contributed by atoms with Crippen molar-refractivity contribution in [1.82, 2.24) is 5.32 Å². The Labute approximate surface area is 563 Å². The fourth-order valence-electron chi connectivity index (χ4n) is 11.0. The number of hydrogen-bond donors (Lipinski definition) is 1. The average Bonchev–Trinajstić information content (AvgIpc) is 1.77. The van der Waals surface area contributed by atoms with Crippen LogP contribution in [0.15, 0.2) is 198 Å². The van der Waals surface area contributed by atoms with E-state index in [2.05, 4.69) is 20.3 Å². The zero-order chi connectivity index (χ0) is 66.9. The van der Waals surface area contributed by atoms with Gasteiger partial charge in [0.2, 0.25) is 10.1 Å². The van der Waals surface area contributed by atoms with E-state index < -0.39 is 115 Å². The van der Waals surface area contributed by atoms with E-state index in [1.807, 2.05) is 48.5 Å². The number of halogens is 7. The molecule has 1 unspecified atom stereocenters. The van der Waals surface area contributed by atoms with Crippen molar-refractivity contribution in [3.8, 4) is 11.1 Å². The molecule has 27 heteroatoms. The molecule has 0 radical (unpaired) electrons. The average molecular weight is 1390 g/mol. The van der Waals surface area contributed by atoms with Gasteiger partial charge in [0.05, 0.1) is 49.4 Å². The molecular formula is C68H62Cl4F3N5O15. The number of esters is 1. The number of ether oxygens (including phenoxy) is 12.